The van der Waals surface area contributed by atoms with Crippen LogP contribution in [-0.4, -0.2) is 52.0 Å². The third-order valence-electron chi connectivity index (χ3n) is 10.4. The van der Waals surface area contributed by atoms with Crippen molar-refractivity contribution in [2.24, 2.45) is 17.3 Å². The van der Waals surface area contributed by atoms with Gasteiger partial charge in [0.2, 0.25) is 0 Å². The number of fused-ring (bicyclic) bond motifs is 5. The fourth-order valence-corrected chi connectivity index (χ4v) is 8.94. The van der Waals surface area contributed by atoms with Crippen LogP contribution in [0.2, 0.25) is 0 Å². The SMILES string of the molecule is C[C@]12C[C@H](c3ccc(OCCCCCSC(F)(F)C(F)(F)C(F)(F)C(F)(F)F)cc3)[C@@H]3c4ccc(O)cc4CC[C@H]3[C@@H]1CC[C@@H]2O. The second kappa shape index (κ2) is 12.6. The standard InChI is InChI=1S/C33H37F9O3S/c1-29-18-25(28-23-12-8-21(43)17-20(23)7-11-24(28)26(29)13-14-27(29)44)19-5-9-22(10-6-19)45-15-3-2-4-16-46-33(41,42)31(36,37)30(34,35)32(38,39)40/h5-6,8-10,12,17,24-28,43-44H,2-4,7,11,13-16,18H2,1H3/t24-,25+,26-,27-,28+,29-/m0/s1. The van der Waals surface area contributed by atoms with Crippen LogP contribution in [0.3, 0.4) is 0 Å². The van der Waals surface area contributed by atoms with Crippen LogP contribution in [0.5, 0.6) is 11.5 Å². The number of ether oxygens (including phenoxy) is 1. The van der Waals surface area contributed by atoms with E-state index in [0.29, 0.717) is 24.0 Å². The molecule has 5 rings (SSSR count). The van der Waals surface area contributed by atoms with Gasteiger partial charge in [0.15, 0.2) is 0 Å². The Morgan fingerprint density at radius 3 is 2.24 bits per heavy atom. The Labute approximate surface area is 265 Å². The minimum atomic E-state index is -6.87. The van der Waals surface area contributed by atoms with Crippen LogP contribution in [0.15, 0.2) is 42.5 Å². The predicted molar refractivity (Wildman–Crippen MR) is 156 cm³/mol. The number of hydrogen-bond donors (Lipinski definition) is 2. The minimum Gasteiger partial charge on any atom is -0.508 e. The van der Waals surface area contributed by atoms with Gasteiger partial charge in [-0.3, -0.25) is 0 Å². The lowest BCUT2D eigenvalue weighted by molar-refractivity contribution is -0.381. The summed E-state index contributed by atoms with van der Waals surface area (Å²) in [6.07, 6.45) is -2.32. The van der Waals surface area contributed by atoms with Gasteiger partial charge in [0.05, 0.1) is 12.7 Å². The molecule has 2 aromatic carbocycles. The highest BCUT2D eigenvalue weighted by molar-refractivity contribution is 8.00. The fraction of sp³-hybridized carbons (Fsp3) is 0.636. The molecule has 0 unspecified atom stereocenters. The number of benzene rings is 2. The van der Waals surface area contributed by atoms with Gasteiger partial charge in [-0.25, -0.2) is 0 Å². The topological polar surface area (TPSA) is 49.7 Å². The monoisotopic (exact) mass is 684 g/mol. The molecule has 3 nitrogen and oxygen atoms in total. The van der Waals surface area contributed by atoms with Gasteiger partial charge in [0.1, 0.15) is 11.5 Å². The molecule has 0 heterocycles. The number of phenols is 1. The molecule has 2 aromatic rings. The average molecular weight is 685 g/mol. The third-order valence-corrected chi connectivity index (χ3v) is 11.5. The highest BCUT2D eigenvalue weighted by atomic mass is 32.2. The molecular weight excluding hydrogens is 647 g/mol. The molecule has 0 bridgehead atoms. The number of rotatable bonds is 11. The van der Waals surface area contributed by atoms with Crippen molar-refractivity contribution in [2.75, 3.05) is 12.4 Å². The zero-order valence-electron chi connectivity index (χ0n) is 25.1. The molecule has 0 spiro atoms. The van der Waals surface area contributed by atoms with E-state index in [4.69, 9.17) is 4.74 Å². The van der Waals surface area contributed by atoms with Crippen molar-refractivity contribution >= 4 is 11.8 Å². The Kier molecular flexibility index (Phi) is 9.62. The number of alkyl halides is 9. The molecule has 3 aliphatic carbocycles. The van der Waals surface area contributed by atoms with E-state index in [1.54, 1.807) is 6.07 Å². The summed E-state index contributed by atoms with van der Waals surface area (Å²) in [4.78, 5) is 0. The smallest absolute Gasteiger partial charge is 0.460 e. The van der Waals surface area contributed by atoms with E-state index in [9.17, 15) is 49.7 Å². The van der Waals surface area contributed by atoms with Crippen molar-refractivity contribution in [3.8, 4) is 11.5 Å². The second-order valence-corrected chi connectivity index (χ2v) is 14.3. The fourth-order valence-electron chi connectivity index (χ4n) is 8.03. The van der Waals surface area contributed by atoms with Crippen LogP contribution in [-0.2, 0) is 6.42 Å². The molecule has 3 aliphatic rings. The highest BCUT2D eigenvalue weighted by Crippen LogP contribution is 2.65. The number of aryl methyl sites for hydroxylation is 1. The molecule has 0 radical (unpaired) electrons. The molecule has 256 valence electrons. The van der Waals surface area contributed by atoms with Crippen LogP contribution in [0.25, 0.3) is 0 Å². The van der Waals surface area contributed by atoms with E-state index in [2.05, 4.69) is 6.92 Å². The predicted octanol–water partition coefficient (Wildman–Crippen LogP) is 9.71. The molecule has 46 heavy (non-hydrogen) atoms. The van der Waals surface area contributed by atoms with E-state index in [1.165, 1.54) is 5.56 Å². The van der Waals surface area contributed by atoms with Gasteiger partial charge in [0, 0.05) is 0 Å². The Morgan fingerprint density at radius 1 is 0.870 bits per heavy atom. The van der Waals surface area contributed by atoms with Crippen molar-refractivity contribution in [1.29, 1.82) is 0 Å². The van der Waals surface area contributed by atoms with E-state index in [1.807, 2.05) is 36.4 Å². The molecule has 0 saturated heterocycles. The lowest BCUT2D eigenvalue weighted by atomic mass is 9.51. The normalized spacial score (nSPS) is 28.4. The first-order chi connectivity index (χ1) is 21.4. The van der Waals surface area contributed by atoms with E-state index in [0.717, 1.165) is 43.2 Å². The van der Waals surface area contributed by atoms with Crippen molar-refractivity contribution in [3.05, 3.63) is 59.2 Å². The summed E-state index contributed by atoms with van der Waals surface area (Å²) in [6, 6.07) is 13.2. The summed E-state index contributed by atoms with van der Waals surface area (Å²) in [5, 5.41) is 15.5. The number of thioether (sulfide) groups is 1. The van der Waals surface area contributed by atoms with Crippen molar-refractivity contribution in [2.45, 2.75) is 99.5 Å². The summed E-state index contributed by atoms with van der Waals surface area (Å²) >= 11 is -0.924. The Balaban J connectivity index is 1.16. The molecule has 13 heteroatoms. The van der Waals surface area contributed by atoms with Gasteiger partial charge in [0.25, 0.3) is 0 Å². The molecule has 2 N–H and O–H groups in total. The number of hydrogen-bond acceptors (Lipinski definition) is 4. The second-order valence-electron chi connectivity index (χ2n) is 13.1. The molecule has 0 aliphatic heterocycles. The van der Waals surface area contributed by atoms with Crippen molar-refractivity contribution in [1.82, 2.24) is 0 Å². The molecule has 0 amide bonds. The Morgan fingerprint density at radius 2 is 1.57 bits per heavy atom. The first kappa shape index (κ1) is 35.0. The van der Waals surface area contributed by atoms with Gasteiger partial charge < -0.3 is 14.9 Å². The first-order valence-corrected chi connectivity index (χ1v) is 16.5. The zero-order valence-corrected chi connectivity index (χ0v) is 25.9. The number of halogens is 9. The highest BCUT2D eigenvalue weighted by Gasteiger charge is 2.81. The maximum atomic E-state index is 13.7. The molecule has 6 atom stereocenters. The number of aromatic hydroxyl groups is 1. The van der Waals surface area contributed by atoms with Gasteiger partial charge in [-0.1, -0.05) is 36.9 Å². The van der Waals surface area contributed by atoms with Crippen LogP contribution >= 0.6 is 11.8 Å². The van der Waals surface area contributed by atoms with Gasteiger partial charge in [-0.2, -0.15) is 39.5 Å². The number of phenolic OH excluding ortho intramolecular Hbond substituents is 1. The summed E-state index contributed by atoms with van der Waals surface area (Å²) in [5.74, 6) is -12.2. The van der Waals surface area contributed by atoms with Crippen molar-refractivity contribution < 1.29 is 54.5 Å². The number of aliphatic hydroxyl groups excluding tert-OH is 1. The van der Waals surface area contributed by atoms with E-state index >= 15 is 0 Å². The van der Waals surface area contributed by atoms with E-state index in [-0.39, 0.29) is 48.6 Å². The first-order valence-electron chi connectivity index (χ1n) is 15.5. The van der Waals surface area contributed by atoms with Crippen molar-refractivity contribution in [3.63, 3.8) is 0 Å². The van der Waals surface area contributed by atoms with Crippen LogP contribution in [0, 0.1) is 17.3 Å². The maximum absolute atomic E-state index is 13.7. The zero-order chi connectivity index (χ0) is 33.7. The lowest BCUT2D eigenvalue weighted by Crippen LogP contribution is -2.59. The molecule has 2 saturated carbocycles. The maximum Gasteiger partial charge on any atom is 0.460 e. The minimum absolute atomic E-state index is 0.120. The summed E-state index contributed by atoms with van der Waals surface area (Å²) in [7, 11) is 0. The largest absolute Gasteiger partial charge is 0.508 e. The number of aliphatic hydroxyl groups is 1. The van der Waals surface area contributed by atoms with Crippen LogP contribution in [0.4, 0.5) is 39.5 Å². The Bertz CT molecular complexity index is 1370. The van der Waals surface area contributed by atoms with Gasteiger partial charge >= 0.3 is 23.3 Å². The molecule has 0 aromatic heterocycles. The number of unbranched alkanes of at least 4 members (excludes halogenated alkanes) is 2. The molecular formula is C33H37F9O3S. The van der Waals surface area contributed by atoms with Gasteiger partial charge in [-0.15, -0.1) is 0 Å². The van der Waals surface area contributed by atoms with Gasteiger partial charge in [-0.05, 0) is 127 Å². The Hall–Kier alpha value is -2.28. The quantitative estimate of drug-likeness (QED) is 0.183. The average Bonchev–Trinajstić information content (AvgIpc) is 3.29. The lowest BCUT2D eigenvalue weighted by Gasteiger charge is -2.54. The summed E-state index contributed by atoms with van der Waals surface area (Å²) < 4.78 is 123. The van der Waals surface area contributed by atoms with Crippen LogP contribution in [0.1, 0.15) is 80.4 Å². The van der Waals surface area contributed by atoms with E-state index < -0.39 is 40.8 Å². The van der Waals surface area contributed by atoms with Crippen LogP contribution < -0.4 is 4.74 Å². The summed E-state index contributed by atoms with van der Waals surface area (Å²) in [6.45, 7) is 2.35. The summed E-state index contributed by atoms with van der Waals surface area (Å²) in [5.41, 5.74) is 3.31. The molecule has 2 fully saturated rings. The third kappa shape index (κ3) is 6.19.